The number of hydrogen-bond donors (Lipinski definition) is 0. The molecule has 0 aliphatic rings. The smallest absolute Gasteiger partial charge is 0.189 e. The van der Waals surface area contributed by atoms with Crippen LogP contribution in [0.25, 0.3) is 21.1 Å². The van der Waals surface area contributed by atoms with Gasteiger partial charge in [-0.25, -0.2) is 15.0 Å². The van der Waals surface area contributed by atoms with Crippen LogP contribution in [0, 0.1) is 20.8 Å². The average Bonchev–Trinajstić information content (AvgIpc) is 2.99. The highest BCUT2D eigenvalue weighted by Crippen LogP contribution is 2.33. The second kappa shape index (κ2) is 6.94. The zero-order chi connectivity index (χ0) is 17.4. The minimum Gasteiger partial charge on any atom is -0.230 e. The zero-order valence-electron chi connectivity index (χ0n) is 14.2. The van der Waals surface area contributed by atoms with Crippen molar-refractivity contribution >= 4 is 56.0 Å². The Labute approximate surface area is 159 Å². The molecule has 0 N–H and O–H groups in total. The molecule has 0 unspecified atom stereocenters. The predicted octanol–water partition coefficient (Wildman–Crippen LogP) is 6.01. The Kier molecular flexibility index (Phi) is 4.67. The number of benzene rings is 2. The Bertz CT molecular complexity index is 1040. The topological polar surface area (TPSA) is 38.7 Å². The number of hydrogen-bond acceptors (Lipinski definition) is 6. The van der Waals surface area contributed by atoms with Crippen molar-refractivity contribution in [2.24, 2.45) is 0 Å². The molecule has 0 amide bonds. The fourth-order valence-electron chi connectivity index (χ4n) is 2.62. The Hall–Kier alpha value is -1.63. The molecular weight excluding hydrogens is 366 g/mol. The maximum Gasteiger partial charge on any atom is 0.189 e. The molecule has 3 nitrogen and oxygen atoms in total. The molecule has 4 aromatic rings. The summed E-state index contributed by atoms with van der Waals surface area (Å²) in [5, 5.41) is 2.84. The minimum atomic E-state index is 0.835. The molecular formula is C19H17N3S3. The van der Waals surface area contributed by atoms with Crippen molar-refractivity contribution < 1.29 is 0 Å². The molecule has 0 saturated heterocycles. The third-order valence-electron chi connectivity index (χ3n) is 4.13. The van der Waals surface area contributed by atoms with Crippen molar-refractivity contribution in [1.29, 1.82) is 0 Å². The van der Waals surface area contributed by atoms with E-state index in [0.717, 1.165) is 36.7 Å². The molecule has 2 heterocycles. The molecule has 6 heteroatoms. The summed E-state index contributed by atoms with van der Waals surface area (Å²) in [5.41, 5.74) is 5.70. The summed E-state index contributed by atoms with van der Waals surface area (Å²) >= 11 is 5.16. The number of aryl methyl sites for hydroxylation is 3. The van der Waals surface area contributed by atoms with Crippen molar-refractivity contribution in [2.45, 2.75) is 30.3 Å². The maximum atomic E-state index is 4.73. The lowest BCUT2D eigenvalue weighted by atomic mass is 10.1. The highest BCUT2D eigenvalue weighted by Gasteiger charge is 2.09. The fourth-order valence-corrected chi connectivity index (χ4v) is 5.85. The molecule has 0 aliphatic heterocycles. The van der Waals surface area contributed by atoms with E-state index in [1.807, 2.05) is 6.07 Å². The monoisotopic (exact) mass is 383 g/mol. The van der Waals surface area contributed by atoms with Gasteiger partial charge in [-0.3, -0.25) is 0 Å². The lowest BCUT2D eigenvalue weighted by Gasteiger charge is -2.07. The highest BCUT2D eigenvalue weighted by molar-refractivity contribution is 8.16. The van der Waals surface area contributed by atoms with Crippen LogP contribution in [-0.2, 0) is 0 Å². The first kappa shape index (κ1) is 16.8. The molecule has 0 atom stereocenters. The van der Waals surface area contributed by atoms with Crippen molar-refractivity contribution in [2.75, 3.05) is 5.08 Å². The molecule has 2 aromatic carbocycles. The molecule has 0 aliphatic carbocycles. The largest absolute Gasteiger partial charge is 0.230 e. The van der Waals surface area contributed by atoms with Crippen molar-refractivity contribution in [3.8, 4) is 0 Å². The van der Waals surface area contributed by atoms with E-state index < -0.39 is 0 Å². The van der Waals surface area contributed by atoms with E-state index in [2.05, 4.69) is 61.1 Å². The first-order chi connectivity index (χ1) is 12.1. The Morgan fingerprint density at radius 3 is 2.52 bits per heavy atom. The fraction of sp³-hybridized carbons (Fsp3) is 0.211. The van der Waals surface area contributed by atoms with Crippen molar-refractivity contribution in [3.63, 3.8) is 0 Å². The third kappa shape index (κ3) is 3.52. The van der Waals surface area contributed by atoms with Crippen molar-refractivity contribution in [3.05, 3.63) is 53.2 Å². The van der Waals surface area contributed by atoms with Crippen molar-refractivity contribution in [1.82, 2.24) is 15.0 Å². The average molecular weight is 384 g/mol. The number of rotatable bonds is 4. The zero-order valence-corrected chi connectivity index (χ0v) is 16.7. The van der Waals surface area contributed by atoms with Gasteiger partial charge in [0.2, 0.25) is 0 Å². The van der Waals surface area contributed by atoms with Gasteiger partial charge in [-0.1, -0.05) is 35.7 Å². The molecule has 0 radical (unpaired) electrons. The van der Waals surface area contributed by atoms with E-state index in [1.165, 1.54) is 15.8 Å². The summed E-state index contributed by atoms with van der Waals surface area (Å²) < 4.78 is 2.33. The number of nitrogens with zero attached hydrogens (tertiary/aromatic N) is 3. The van der Waals surface area contributed by atoms with Crippen LogP contribution in [0.1, 0.15) is 16.8 Å². The quantitative estimate of drug-likeness (QED) is 0.245. The normalized spacial score (nSPS) is 11.5. The minimum absolute atomic E-state index is 0.835. The Balaban J connectivity index is 1.51. The van der Waals surface area contributed by atoms with E-state index >= 15 is 0 Å². The molecule has 0 bridgehead atoms. The van der Waals surface area contributed by atoms with Gasteiger partial charge in [-0.05, 0) is 56.2 Å². The summed E-state index contributed by atoms with van der Waals surface area (Å²) in [6.07, 6.45) is 0. The second-order valence-corrected chi connectivity index (χ2v) is 9.46. The summed E-state index contributed by atoms with van der Waals surface area (Å²) in [7, 11) is 0. The first-order valence-corrected chi connectivity index (χ1v) is 10.8. The van der Waals surface area contributed by atoms with Gasteiger partial charge in [0, 0.05) is 11.1 Å². The van der Waals surface area contributed by atoms with E-state index in [0.29, 0.717) is 0 Å². The molecule has 126 valence electrons. The van der Waals surface area contributed by atoms with Crippen LogP contribution >= 0.6 is 34.9 Å². The summed E-state index contributed by atoms with van der Waals surface area (Å²) in [6, 6.07) is 12.6. The maximum absolute atomic E-state index is 4.73. The van der Waals surface area contributed by atoms with E-state index in [-0.39, 0.29) is 0 Å². The van der Waals surface area contributed by atoms with Crippen LogP contribution in [0.2, 0.25) is 0 Å². The van der Waals surface area contributed by atoms with E-state index in [1.54, 1.807) is 34.9 Å². The summed E-state index contributed by atoms with van der Waals surface area (Å²) in [6.45, 7) is 6.32. The lowest BCUT2D eigenvalue weighted by Crippen LogP contribution is -1.94. The molecule has 4 rings (SSSR count). The lowest BCUT2D eigenvalue weighted by molar-refractivity contribution is 0.970. The second-order valence-electron chi connectivity index (χ2n) is 5.90. The van der Waals surface area contributed by atoms with E-state index in [9.17, 15) is 0 Å². The van der Waals surface area contributed by atoms with E-state index in [4.69, 9.17) is 4.98 Å². The SMILES string of the molecule is Cc1cc2nc(SCSc3nc4ccccc4s3)nc(C)c2cc1C. The van der Waals surface area contributed by atoms with Crippen LogP contribution in [0.5, 0.6) is 0 Å². The number of fused-ring (bicyclic) bond motifs is 2. The summed E-state index contributed by atoms with van der Waals surface area (Å²) in [5.74, 6) is 0. The van der Waals surface area contributed by atoms with Gasteiger partial charge in [0.1, 0.15) is 0 Å². The molecule has 0 fully saturated rings. The highest BCUT2D eigenvalue weighted by atomic mass is 32.2. The van der Waals surface area contributed by atoms with Gasteiger partial charge < -0.3 is 0 Å². The standard InChI is InChI=1S/C19H17N3S3/c1-11-8-14-13(3)20-18(21-16(14)9-12(11)2)23-10-24-19-22-15-6-4-5-7-17(15)25-19/h4-9H,10H2,1-3H3. The van der Waals surface area contributed by atoms with Gasteiger partial charge in [-0.2, -0.15) is 0 Å². The van der Waals surface area contributed by atoms with Gasteiger partial charge in [-0.15, -0.1) is 11.3 Å². The van der Waals surface area contributed by atoms with Gasteiger partial charge in [0.05, 0.1) is 20.8 Å². The van der Waals surface area contributed by atoms with Crippen LogP contribution < -0.4 is 0 Å². The van der Waals surface area contributed by atoms with Crippen LogP contribution in [0.15, 0.2) is 45.9 Å². The van der Waals surface area contributed by atoms with Crippen LogP contribution in [0.3, 0.4) is 0 Å². The molecule has 2 aromatic heterocycles. The van der Waals surface area contributed by atoms with Gasteiger partial charge in [0.25, 0.3) is 0 Å². The predicted molar refractivity (Wildman–Crippen MR) is 110 cm³/mol. The Morgan fingerprint density at radius 2 is 1.68 bits per heavy atom. The number of thiazole rings is 1. The first-order valence-electron chi connectivity index (χ1n) is 7.97. The van der Waals surface area contributed by atoms with Gasteiger partial charge >= 0.3 is 0 Å². The molecule has 0 saturated carbocycles. The number of para-hydroxylation sites is 1. The number of aromatic nitrogens is 3. The number of thioether (sulfide) groups is 2. The Morgan fingerprint density at radius 1 is 0.880 bits per heavy atom. The van der Waals surface area contributed by atoms with Gasteiger partial charge in [0.15, 0.2) is 9.50 Å². The molecule has 0 spiro atoms. The third-order valence-corrected chi connectivity index (χ3v) is 7.28. The summed E-state index contributed by atoms with van der Waals surface area (Å²) in [4.78, 5) is 14.1. The van der Waals surface area contributed by atoms with Crippen LogP contribution in [0.4, 0.5) is 0 Å². The van der Waals surface area contributed by atoms with Crippen LogP contribution in [-0.4, -0.2) is 20.0 Å². The molecule has 25 heavy (non-hydrogen) atoms.